The Balaban J connectivity index is 1.84. The van der Waals surface area contributed by atoms with Crippen molar-refractivity contribution < 1.29 is 13.6 Å². The van der Waals surface area contributed by atoms with E-state index in [-0.39, 0.29) is 22.0 Å². The summed E-state index contributed by atoms with van der Waals surface area (Å²) in [5, 5.41) is 6.27. The number of nitrogens with one attached hydrogen (secondary N) is 2. The van der Waals surface area contributed by atoms with Crippen LogP contribution in [0.3, 0.4) is 0 Å². The van der Waals surface area contributed by atoms with E-state index in [4.69, 9.17) is 0 Å². The second kappa shape index (κ2) is 5.46. The molecule has 0 aliphatic carbocycles. The van der Waals surface area contributed by atoms with Crippen molar-refractivity contribution >= 4 is 27.3 Å². The molecule has 2 aromatic rings. The van der Waals surface area contributed by atoms with E-state index < -0.39 is 11.6 Å². The van der Waals surface area contributed by atoms with E-state index in [0.717, 1.165) is 49.4 Å². The van der Waals surface area contributed by atoms with E-state index in [0.29, 0.717) is 4.88 Å². The van der Waals surface area contributed by atoms with Crippen molar-refractivity contribution in [3.05, 3.63) is 34.7 Å². The van der Waals surface area contributed by atoms with E-state index in [1.807, 2.05) is 0 Å². The molecule has 20 heavy (non-hydrogen) atoms. The van der Waals surface area contributed by atoms with E-state index in [2.05, 4.69) is 10.6 Å². The fraction of sp³-hybridized carbons (Fsp3) is 0.357. The number of benzene rings is 1. The van der Waals surface area contributed by atoms with Crippen molar-refractivity contribution in [1.29, 1.82) is 0 Å². The molecule has 1 fully saturated rings. The van der Waals surface area contributed by atoms with Gasteiger partial charge in [0.25, 0.3) is 5.91 Å². The minimum absolute atomic E-state index is 0.0798. The number of rotatable bonds is 2. The maximum atomic E-state index is 13.6. The van der Waals surface area contributed by atoms with Gasteiger partial charge in [0.1, 0.15) is 11.6 Å². The summed E-state index contributed by atoms with van der Waals surface area (Å²) in [5.74, 6) is -1.26. The van der Waals surface area contributed by atoms with E-state index in [1.165, 1.54) is 6.07 Å². The number of thiophene rings is 1. The van der Waals surface area contributed by atoms with Crippen LogP contribution in [0.4, 0.5) is 8.78 Å². The van der Waals surface area contributed by atoms with Crippen LogP contribution in [0.1, 0.15) is 22.5 Å². The lowest BCUT2D eigenvalue weighted by Gasteiger charge is -2.23. The van der Waals surface area contributed by atoms with Crippen molar-refractivity contribution in [2.45, 2.75) is 18.9 Å². The number of halogens is 2. The summed E-state index contributed by atoms with van der Waals surface area (Å²) in [6, 6.07) is 3.67. The fourth-order valence-electron chi connectivity index (χ4n) is 2.40. The summed E-state index contributed by atoms with van der Waals surface area (Å²) in [6.07, 6.45) is 1.94. The molecule has 106 valence electrons. The molecule has 1 atom stereocenters. The molecule has 2 N–H and O–H groups in total. The van der Waals surface area contributed by atoms with Crippen LogP contribution in [-0.2, 0) is 0 Å². The highest BCUT2D eigenvalue weighted by Crippen LogP contribution is 2.30. The first-order valence-electron chi connectivity index (χ1n) is 6.54. The molecule has 0 spiro atoms. The molecule has 1 aromatic heterocycles. The van der Waals surface area contributed by atoms with Gasteiger partial charge in [0.05, 0.1) is 9.58 Å². The SMILES string of the molecule is O=C(NC1CCCNC1)c1cc2c(F)ccc(F)c2s1. The fourth-order valence-corrected chi connectivity index (χ4v) is 3.38. The number of carbonyl (C=O) groups is 1. The molecule has 0 bridgehead atoms. The smallest absolute Gasteiger partial charge is 0.261 e. The molecule has 6 heteroatoms. The molecule has 1 aromatic carbocycles. The average molecular weight is 296 g/mol. The molecule has 1 aliphatic rings. The predicted octanol–water partition coefficient (Wildman–Crippen LogP) is 2.66. The van der Waals surface area contributed by atoms with Crippen LogP contribution >= 0.6 is 11.3 Å². The zero-order chi connectivity index (χ0) is 14.1. The number of hydrogen-bond acceptors (Lipinski definition) is 3. The van der Waals surface area contributed by atoms with Crippen LogP contribution in [-0.4, -0.2) is 25.0 Å². The number of amides is 1. The minimum Gasteiger partial charge on any atom is -0.347 e. The van der Waals surface area contributed by atoms with Crippen LogP contribution < -0.4 is 10.6 Å². The zero-order valence-corrected chi connectivity index (χ0v) is 11.5. The summed E-state index contributed by atoms with van der Waals surface area (Å²) >= 11 is 0.987. The van der Waals surface area contributed by atoms with Crippen molar-refractivity contribution in [3.63, 3.8) is 0 Å². The first-order chi connectivity index (χ1) is 9.65. The molecule has 3 rings (SSSR count). The zero-order valence-electron chi connectivity index (χ0n) is 10.7. The Morgan fingerprint density at radius 1 is 1.35 bits per heavy atom. The Labute approximate surface area is 119 Å². The Hall–Kier alpha value is -1.53. The van der Waals surface area contributed by atoms with Gasteiger partial charge < -0.3 is 10.6 Å². The van der Waals surface area contributed by atoms with Crippen molar-refractivity contribution in [2.24, 2.45) is 0 Å². The molecule has 1 amide bonds. The van der Waals surface area contributed by atoms with Crippen LogP contribution in [0, 0.1) is 11.6 Å². The maximum Gasteiger partial charge on any atom is 0.261 e. The highest BCUT2D eigenvalue weighted by atomic mass is 32.1. The van der Waals surface area contributed by atoms with Gasteiger partial charge in [-0.2, -0.15) is 0 Å². The molecule has 1 unspecified atom stereocenters. The molecule has 0 radical (unpaired) electrons. The minimum atomic E-state index is -0.504. The van der Waals surface area contributed by atoms with Crippen LogP contribution in [0.5, 0.6) is 0 Å². The third-order valence-corrected chi connectivity index (χ3v) is 4.58. The third-order valence-electron chi connectivity index (χ3n) is 3.44. The number of carbonyl (C=O) groups excluding carboxylic acids is 1. The maximum absolute atomic E-state index is 13.6. The van der Waals surface area contributed by atoms with Crippen molar-refractivity contribution in [2.75, 3.05) is 13.1 Å². The van der Waals surface area contributed by atoms with Crippen LogP contribution in [0.15, 0.2) is 18.2 Å². The Morgan fingerprint density at radius 3 is 2.85 bits per heavy atom. The lowest BCUT2D eigenvalue weighted by molar-refractivity contribution is 0.0935. The van der Waals surface area contributed by atoms with Gasteiger partial charge in [0.15, 0.2) is 0 Å². The number of piperidine rings is 1. The van der Waals surface area contributed by atoms with Gasteiger partial charge in [-0.25, -0.2) is 8.78 Å². The van der Waals surface area contributed by atoms with Gasteiger partial charge in [0.2, 0.25) is 0 Å². The Kier molecular flexibility index (Phi) is 3.67. The van der Waals surface area contributed by atoms with Gasteiger partial charge >= 0.3 is 0 Å². The second-order valence-electron chi connectivity index (χ2n) is 4.90. The quantitative estimate of drug-likeness (QED) is 0.894. The first-order valence-corrected chi connectivity index (χ1v) is 7.36. The lowest BCUT2D eigenvalue weighted by atomic mass is 10.1. The Morgan fingerprint density at radius 2 is 2.15 bits per heavy atom. The summed E-state index contributed by atoms with van der Waals surface area (Å²) in [7, 11) is 0. The normalized spacial score (nSPS) is 19.2. The first kappa shape index (κ1) is 13.5. The molecule has 2 heterocycles. The highest BCUT2D eigenvalue weighted by molar-refractivity contribution is 7.20. The summed E-state index contributed by atoms with van der Waals surface area (Å²) in [5.41, 5.74) is 0. The largest absolute Gasteiger partial charge is 0.347 e. The summed E-state index contributed by atoms with van der Waals surface area (Å²) < 4.78 is 27.4. The van der Waals surface area contributed by atoms with E-state index in [1.54, 1.807) is 0 Å². The monoisotopic (exact) mass is 296 g/mol. The van der Waals surface area contributed by atoms with Crippen molar-refractivity contribution in [1.82, 2.24) is 10.6 Å². The van der Waals surface area contributed by atoms with Crippen LogP contribution in [0.25, 0.3) is 10.1 Å². The molecule has 1 saturated heterocycles. The van der Waals surface area contributed by atoms with Gasteiger partial charge in [0, 0.05) is 18.0 Å². The standard InChI is InChI=1S/C14H14F2N2OS/c15-10-3-4-11(16)13-9(10)6-12(20-13)14(19)18-8-2-1-5-17-7-8/h3-4,6,8,17H,1-2,5,7H2,(H,18,19). The van der Waals surface area contributed by atoms with Gasteiger partial charge in [-0.15, -0.1) is 11.3 Å². The highest BCUT2D eigenvalue weighted by Gasteiger charge is 2.19. The third kappa shape index (κ3) is 2.53. The Bertz CT molecular complexity index is 611. The molecular formula is C14H14F2N2OS. The molecule has 3 nitrogen and oxygen atoms in total. The van der Waals surface area contributed by atoms with Crippen molar-refractivity contribution in [3.8, 4) is 0 Å². The van der Waals surface area contributed by atoms with Crippen LogP contribution in [0.2, 0.25) is 0 Å². The molecule has 0 saturated carbocycles. The topological polar surface area (TPSA) is 41.1 Å². The van der Waals surface area contributed by atoms with E-state index in [9.17, 15) is 13.6 Å². The number of fused-ring (bicyclic) bond motifs is 1. The number of hydrogen-bond donors (Lipinski definition) is 2. The molecular weight excluding hydrogens is 282 g/mol. The second-order valence-corrected chi connectivity index (χ2v) is 5.95. The molecule has 1 aliphatic heterocycles. The van der Waals surface area contributed by atoms with Gasteiger partial charge in [-0.1, -0.05) is 0 Å². The van der Waals surface area contributed by atoms with Gasteiger partial charge in [-0.05, 0) is 37.6 Å². The summed E-state index contributed by atoms with van der Waals surface area (Å²) in [4.78, 5) is 12.5. The summed E-state index contributed by atoms with van der Waals surface area (Å²) in [6.45, 7) is 1.70. The predicted molar refractivity (Wildman–Crippen MR) is 75.1 cm³/mol. The lowest BCUT2D eigenvalue weighted by Crippen LogP contribution is -2.45. The van der Waals surface area contributed by atoms with E-state index >= 15 is 0 Å². The van der Waals surface area contributed by atoms with Gasteiger partial charge in [-0.3, -0.25) is 4.79 Å². The average Bonchev–Trinajstić information content (AvgIpc) is 2.91.